The van der Waals surface area contributed by atoms with E-state index in [1.807, 2.05) is 49.3 Å². The first-order valence-electron chi connectivity index (χ1n) is 10.6. The van der Waals surface area contributed by atoms with Crippen LogP contribution in [0.15, 0.2) is 96.7 Å². The van der Waals surface area contributed by atoms with E-state index in [-0.39, 0.29) is 12.1 Å². The summed E-state index contributed by atoms with van der Waals surface area (Å²) in [5.41, 5.74) is 7.65. The minimum Gasteiger partial charge on any atom is -0.331 e. The highest BCUT2D eigenvalue weighted by molar-refractivity contribution is 6.06. The third kappa shape index (κ3) is 2.34. The number of hydrogen-bond donors (Lipinski definition) is 0. The fourth-order valence-corrected chi connectivity index (χ4v) is 5.05. The molecule has 0 saturated heterocycles. The van der Waals surface area contributed by atoms with Crippen molar-refractivity contribution in [2.24, 2.45) is 4.99 Å². The first kappa shape index (κ1) is 17.4. The van der Waals surface area contributed by atoms with Gasteiger partial charge >= 0.3 is 0 Å². The fourth-order valence-electron chi connectivity index (χ4n) is 5.05. The minimum atomic E-state index is 0.0656. The Kier molecular flexibility index (Phi) is 3.58. The number of allylic oxidation sites excluding steroid dienone is 1. The summed E-state index contributed by atoms with van der Waals surface area (Å²) in [7, 11) is 0. The van der Waals surface area contributed by atoms with Gasteiger partial charge in [0.1, 0.15) is 6.04 Å². The average molecular weight is 414 g/mol. The first-order valence-corrected chi connectivity index (χ1v) is 10.6. The molecule has 0 N–H and O–H groups in total. The molecule has 0 saturated carbocycles. The van der Waals surface area contributed by atoms with E-state index in [0.717, 1.165) is 44.6 Å². The molecule has 0 amide bonds. The Morgan fingerprint density at radius 2 is 1.72 bits per heavy atom. The van der Waals surface area contributed by atoms with Crippen LogP contribution in [0.5, 0.6) is 0 Å². The molecule has 2 aliphatic heterocycles. The third-order valence-electron chi connectivity index (χ3n) is 6.36. The van der Waals surface area contributed by atoms with Gasteiger partial charge in [-0.3, -0.25) is 19.9 Å². The van der Waals surface area contributed by atoms with E-state index in [9.17, 15) is 0 Å². The van der Waals surface area contributed by atoms with Gasteiger partial charge in [0.05, 0.1) is 28.3 Å². The molecule has 6 nitrogen and oxygen atoms in total. The second-order valence-electron chi connectivity index (χ2n) is 8.04. The Morgan fingerprint density at radius 3 is 2.72 bits per heavy atom. The van der Waals surface area contributed by atoms with Crippen LogP contribution in [-0.4, -0.2) is 31.8 Å². The zero-order valence-electron chi connectivity index (χ0n) is 17.1. The number of hydrogen-bond acceptors (Lipinski definition) is 5. The van der Waals surface area contributed by atoms with Crippen LogP contribution in [0.1, 0.15) is 11.6 Å². The number of dihydropyridines is 1. The summed E-state index contributed by atoms with van der Waals surface area (Å²) >= 11 is 0. The molecule has 0 bridgehead atoms. The van der Waals surface area contributed by atoms with Crippen molar-refractivity contribution >= 4 is 39.5 Å². The van der Waals surface area contributed by atoms with Crippen LogP contribution >= 0.6 is 0 Å². The van der Waals surface area contributed by atoms with Gasteiger partial charge < -0.3 is 9.47 Å². The summed E-state index contributed by atoms with van der Waals surface area (Å²) in [5.74, 6) is 0. The quantitative estimate of drug-likeness (QED) is 0.400. The summed E-state index contributed by atoms with van der Waals surface area (Å²) < 4.78 is 2.26. The second-order valence-corrected chi connectivity index (χ2v) is 8.04. The molecule has 2 atom stereocenters. The van der Waals surface area contributed by atoms with Crippen molar-refractivity contribution in [2.45, 2.75) is 12.1 Å². The zero-order chi connectivity index (χ0) is 21.1. The van der Waals surface area contributed by atoms with Crippen molar-refractivity contribution in [2.75, 3.05) is 4.90 Å². The van der Waals surface area contributed by atoms with Crippen LogP contribution in [0.3, 0.4) is 0 Å². The number of fused-ring (bicyclic) bond motifs is 6. The van der Waals surface area contributed by atoms with E-state index < -0.39 is 0 Å². The van der Waals surface area contributed by atoms with Gasteiger partial charge in [-0.05, 0) is 48.5 Å². The van der Waals surface area contributed by atoms with Gasteiger partial charge in [0, 0.05) is 59.5 Å². The lowest BCUT2D eigenvalue weighted by molar-refractivity contribution is 0.666. The normalized spacial score (nSPS) is 18.9. The highest BCUT2D eigenvalue weighted by Crippen LogP contribution is 2.47. The Labute approximate surface area is 184 Å². The molecule has 152 valence electrons. The van der Waals surface area contributed by atoms with Crippen molar-refractivity contribution in [3.8, 4) is 5.69 Å². The summed E-state index contributed by atoms with van der Waals surface area (Å²) in [6.45, 7) is 0. The SMILES string of the molecule is C1=CC2C(N=C1)c1cnccc1N2c1cccc(-n2c3ccncc3c3ncccc32)c1. The van der Waals surface area contributed by atoms with Crippen LogP contribution in [0.4, 0.5) is 11.4 Å². The van der Waals surface area contributed by atoms with Gasteiger partial charge in [-0.2, -0.15) is 0 Å². The fraction of sp³-hybridized carbons (Fsp3) is 0.0769. The Balaban J connectivity index is 1.45. The highest BCUT2D eigenvalue weighted by atomic mass is 15.2. The van der Waals surface area contributed by atoms with E-state index in [4.69, 9.17) is 4.99 Å². The van der Waals surface area contributed by atoms with E-state index in [1.165, 1.54) is 0 Å². The van der Waals surface area contributed by atoms with Crippen LogP contribution in [0.2, 0.25) is 0 Å². The molecule has 5 aromatic rings. The average Bonchev–Trinajstić information content (AvgIpc) is 3.37. The predicted molar refractivity (Wildman–Crippen MR) is 127 cm³/mol. The van der Waals surface area contributed by atoms with Crippen LogP contribution in [0.25, 0.3) is 27.6 Å². The summed E-state index contributed by atoms with van der Waals surface area (Å²) in [6, 6.07) is 17.1. The predicted octanol–water partition coefficient (Wildman–Crippen LogP) is 5.17. The number of aromatic nitrogens is 4. The zero-order valence-corrected chi connectivity index (χ0v) is 17.1. The van der Waals surface area contributed by atoms with Gasteiger partial charge in [0.15, 0.2) is 0 Å². The molecule has 2 unspecified atom stereocenters. The lowest BCUT2D eigenvalue weighted by atomic mass is 10.0. The molecule has 6 heterocycles. The molecule has 0 spiro atoms. The Hall–Kier alpha value is -4.32. The van der Waals surface area contributed by atoms with Crippen LogP contribution in [-0.2, 0) is 0 Å². The van der Waals surface area contributed by atoms with Crippen molar-refractivity contribution in [3.05, 3.63) is 97.2 Å². The van der Waals surface area contributed by atoms with Gasteiger partial charge in [0.25, 0.3) is 0 Å². The molecule has 0 radical (unpaired) electrons. The lowest BCUT2D eigenvalue weighted by Crippen LogP contribution is -2.28. The number of pyridine rings is 3. The summed E-state index contributed by atoms with van der Waals surface area (Å²) in [4.78, 5) is 20.4. The molecule has 6 heteroatoms. The van der Waals surface area contributed by atoms with E-state index in [2.05, 4.69) is 73.0 Å². The van der Waals surface area contributed by atoms with E-state index in [0.29, 0.717) is 0 Å². The molecule has 0 aliphatic carbocycles. The molecule has 1 aromatic carbocycles. The highest BCUT2D eigenvalue weighted by Gasteiger charge is 2.38. The van der Waals surface area contributed by atoms with Crippen LogP contribution < -0.4 is 4.90 Å². The van der Waals surface area contributed by atoms with E-state index >= 15 is 0 Å². The lowest BCUT2D eigenvalue weighted by Gasteiger charge is -2.28. The van der Waals surface area contributed by atoms with E-state index in [1.54, 1.807) is 0 Å². The maximum atomic E-state index is 4.75. The topological polar surface area (TPSA) is 59.2 Å². The Morgan fingerprint density at radius 1 is 0.812 bits per heavy atom. The summed E-state index contributed by atoms with van der Waals surface area (Å²) in [6.07, 6.45) is 15.5. The first-order chi connectivity index (χ1) is 15.9. The molecular weight excluding hydrogens is 396 g/mol. The molecule has 4 aromatic heterocycles. The second kappa shape index (κ2) is 6.59. The monoisotopic (exact) mass is 414 g/mol. The van der Waals surface area contributed by atoms with Crippen LogP contribution in [0, 0.1) is 0 Å². The molecule has 32 heavy (non-hydrogen) atoms. The minimum absolute atomic E-state index is 0.0656. The molecule has 7 rings (SSSR count). The number of aliphatic imine (C=N–C) groups is 1. The van der Waals surface area contributed by atoms with Crippen molar-refractivity contribution in [1.82, 2.24) is 19.5 Å². The standard InChI is InChI=1S/C26H18N6/c1-4-17(31-21-8-12-27-15-19(21)25-23(31)6-2-10-29-25)14-18(5-1)32-22-9-13-28-16-20(22)26-24(32)7-3-11-30-26/h1-16,23,25H. The molecular formula is C26H18N6. The van der Waals surface area contributed by atoms with Gasteiger partial charge in [-0.15, -0.1) is 0 Å². The summed E-state index contributed by atoms with van der Waals surface area (Å²) in [5, 5.41) is 1.05. The number of nitrogens with zero attached hydrogens (tertiary/aromatic N) is 6. The van der Waals surface area contributed by atoms with Crippen molar-refractivity contribution in [1.29, 1.82) is 0 Å². The molecule has 2 aliphatic rings. The number of anilines is 2. The largest absolute Gasteiger partial charge is 0.331 e. The van der Waals surface area contributed by atoms with Gasteiger partial charge in [-0.1, -0.05) is 12.1 Å². The van der Waals surface area contributed by atoms with Crippen molar-refractivity contribution in [3.63, 3.8) is 0 Å². The number of benzene rings is 1. The maximum absolute atomic E-state index is 4.75. The van der Waals surface area contributed by atoms with Gasteiger partial charge in [-0.25, -0.2) is 0 Å². The Bertz CT molecular complexity index is 1510. The number of rotatable bonds is 2. The smallest absolute Gasteiger partial charge is 0.103 e. The van der Waals surface area contributed by atoms with Gasteiger partial charge in [0.2, 0.25) is 0 Å². The maximum Gasteiger partial charge on any atom is 0.103 e. The van der Waals surface area contributed by atoms with Crippen molar-refractivity contribution < 1.29 is 0 Å². The molecule has 0 fully saturated rings. The third-order valence-corrected chi connectivity index (χ3v) is 6.36.